The number of carbonyl (C=O) groups excluding carboxylic acids is 2. The maximum absolute atomic E-state index is 11.3. The molecule has 1 N–H and O–H groups in total. The Kier molecular flexibility index (Phi) is 8.16. The van der Waals surface area contributed by atoms with Gasteiger partial charge in [0.15, 0.2) is 0 Å². The molecule has 0 aliphatic carbocycles. The van der Waals surface area contributed by atoms with Crippen molar-refractivity contribution in [1.82, 2.24) is 5.48 Å². The highest BCUT2D eigenvalue weighted by Gasteiger charge is 2.17. The van der Waals surface area contributed by atoms with E-state index in [1.54, 1.807) is 20.8 Å². The second kappa shape index (κ2) is 8.78. The van der Waals surface area contributed by atoms with Crippen LogP contribution in [-0.2, 0) is 14.4 Å². The highest BCUT2D eigenvalue weighted by atomic mass is 16.7. The molecule has 0 aliphatic rings. The molecule has 5 heteroatoms. The van der Waals surface area contributed by atoms with Crippen LogP contribution in [0.15, 0.2) is 0 Å². The van der Waals surface area contributed by atoms with E-state index in [-0.39, 0.29) is 0 Å². The first kappa shape index (κ1) is 16.7. The summed E-state index contributed by atoms with van der Waals surface area (Å²) in [5, 5.41) is 0. The molecule has 0 aliphatic heterocycles. The number of rotatable bonds is 6. The molecule has 0 fully saturated rings. The summed E-state index contributed by atoms with van der Waals surface area (Å²) >= 11 is 0. The lowest BCUT2D eigenvalue weighted by Gasteiger charge is -2.19. The molecule has 0 aromatic carbocycles. The minimum absolute atomic E-state index is 0.319. The average molecular weight is 259 g/mol. The summed E-state index contributed by atoms with van der Waals surface area (Å²) in [7, 11) is 0. The van der Waals surface area contributed by atoms with Crippen LogP contribution >= 0.6 is 0 Å². The fourth-order valence-electron chi connectivity index (χ4n) is 1.32. The smallest absolute Gasteiger partial charge is 0.441 e. The molecule has 0 saturated carbocycles. The van der Waals surface area contributed by atoms with Crippen LogP contribution in [0.4, 0.5) is 4.79 Å². The van der Waals surface area contributed by atoms with Gasteiger partial charge in [-0.15, -0.1) is 5.48 Å². The first-order valence-electron chi connectivity index (χ1n) is 6.54. The summed E-state index contributed by atoms with van der Waals surface area (Å²) in [6.07, 6.45) is 4.85. The summed E-state index contributed by atoms with van der Waals surface area (Å²) in [6, 6.07) is 0. The molecule has 0 aromatic rings. The normalized spacial score (nSPS) is 10.9. The molecule has 5 nitrogen and oxygen atoms in total. The number of unbranched alkanes of at least 4 members (excludes halogenated alkanes) is 4. The van der Waals surface area contributed by atoms with E-state index in [9.17, 15) is 9.59 Å². The standard InChI is InChI=1S/C13H25NO4/c1-5-6-7-8-9-10-11(15)18-14-12(16)17-13(2,3)4/h5-10H2,1-4H3,(H,14,16). The van der Waals surface area contributed by atoms with E-state index in [1.165, 1.54) is 12.8 Å². The summed E-state index contributed by atoms with van der Waals surface area (Å²) in [5.74, 6) is -0.433. The minimum atomic E-state index is -0.748. The Hall–Kier alpha value is -1.26. The highest BCUT2D eigenvalue weighted by Crippen LogP contribution is 2.07. The number of hydrogen-bond donors (Lipinski definition) is 1. The summed E-state index contributed by atoms with van der Waals surface area (Å²) in [6.45, 7) is 7.35. The first-order chi connectivity index (χ1) is 8.35. The third-order valence-electron chi connectivity index (χ3n) is 2.13. The van der Waals surface area contributed by atoms with Gasteiger partial charge in [-0.25, -0.2) is 9.59 Å². The summed E-state index contributed by atoms with van der Waals surface area (Å²) in [4.78, 5) is 27.0. The number of hydrogen-bond acceptors (Lipinski definition) is 4. The fraction of sp³-hybridized carbons (Fsp3) is 0.846. The predicted octanol–water partition coefficient (Wildman–Crippen LogP) is 3.33. The van der Waals surface area contributed by atoms with Gasteiger partial charge in [-0.1, -0.05) is 32.6 Å². The number of ether oxygens (including phenoxy) is 1. The average Bonchev–Trinajstić information content (AvgIpc) is 2.24. The lowest BCUT2D eigenvalue weighted by atomic mass is 10.1. The molecule has 0 spiro atoms. The zero-order valence-electron chi connectivity index (χ0n) is 11.9. The van der Waals surface area contributed by atoms with Crippen molar-refractivity contribution in [2.24, 2.45) is 0 Å². The number of carbonyl (C=O) groups is 2. The van der Waals surface area contributed by atoms with Crippen molar-refractivity contribution in [3.63, 3.8) is 0 Å². The SMILES string of the molecule is CCCCCCCC(=O)ONC(=O)OC(C)(C)C. The van der Waals surface area contributed by atoms with Gasteiger partial charge in [-0.05, 0) is 27.2 Å². The molecule has 0 saturated heterocycles. The second-order valence-electron chi connectivity index (χ2n) is 5.24. The van der Waals surface area contributed by atoms with E-state index >= 15 is 0 Å². The molecule has 0 rings (SSSR count). The fourth-order valence-corrected chi connectivity index (χ4v) is 1.32. The molecule has 0 radical (unpaired) electrons. The third kappa shape index (κ3) is 11.2. The Morgan fingerprint density at radius 1 is 1.06 bits per heavy atom. The molecule has 1 amide bonds. The van der Waals surface area contributed by atoms with Crippen LogP contribution in [0, 0.1) is 0 Å². The maximum atomic E-state index is 11.3. The zero-order chi connectivity index (χ0) is 14.0. The molecule has 0 bridgehead atoms. The van der Waals surface area contributed by atoms with E-state index in [1.807, 2.05) is 5.48 Å². The zero-order valence-corrected chi connectivity index (χ0v) is 11.9. The topological polar surface area (TPSA) is 64.6 Å². The molecule has 0 heterocycles. The van der Waals surface area contributed by atoms with Crippen molar-refractivity contribution in [3.8, 4) is 0 Å². The van der Waals surface area contributed by atoms with Crippen LogP contribution in [0.1, 0.15) is 66.2 Å². The Morgan fingerprint density at radius 3 is 2.22 bits per heavy atom. The van der Waals surface area contributed by atoms with Gasteiger partial charge in [-0.2, -0.15) is 0 Å². The molecular formula is C13H25NO4. The van der Waals surface area contributed by atoms with Crippen LogP contribution in [0.25, 0.3) is 0 Å². The van der Waals surface area contributed by atoms with Gasteiger partial charge in [0.25, 0.3) is 0 Å². The van der Waals surface area contributed by atoms with Gasteiger partial charge >= 0.3 is 12.1 Å². The van der Waals surface area contributed by atoms with Crippen LogP contribution < -0.4 is 5.48 Å². The maximum Gasteiger partial charge on any atom is 0.441 e. The van der Waals surface area contributed by atoms with E-state index in [2.05, 4.69) is 11.8 Å². The molecular weight excluding hydrogens is 234 g/mol. The van der Waals surface area contributed by atoms with Crippen molar-refractivity contribution in [2.75, 3.05) is 0 Å². The monoisotopic (exact) mass is 259 g/mol. The Bertz CT molecular complexity index is 258. The Morgan fingerprint density at radius 2 is 1.67 bits per heavy atom. The highest BCUT2D eigenvalue weighted by molar-refractivity contribution is 5.73. The molecule has 0 aromatic heterocycles. The van der Waals surface area contributed by atoms with Crippen molar-refractivity contribution in [3.05, 3.63) is 0 Å². The van der Waals surface area contributed by atoms with Gasteiger partial charge in [0, 0.05) is 6.42 Å². The van der Waals surface area contributed by atoms with Crippen molar-refractivity contribution in [2.45, 2.75) is 71.8 Å². The first-order valence-corrected chi connectivity index (χ1v) is 6.54. The van der Waals surface area contributed by atoms with Gasteiger partial charge in [-0.3, -0.25) is 0 Å². The number of nitrogens with one attached hydrogen (secondary N) is 1. The van der Waals surface area contributed by atoms with E-state index in [0.29, 0.717) is 6.42 Å². The Balaban J connectivity index is 3.55. The summed E-state index contributed by atoms with van der Waals surface area (Å²) < 4.78 is 4.92. The van der Waals surface area contributed by atoms with Crippen LogP contribution in [0.2, 0.25) is 0 Å². The van der Waals surface area contributed by atoms with E-state index in [0.717, 1.165) is 19.3 Å². The number of hydroxylamine groups is 1. The molecule has 0 atom stereocenters. The largest absolute Gasteiger partial charge is 0.442 e. The van der Waals surface area contributed by atoms with Gasteiger partial charge in [0.05, 0.1) is 0 Å². The van der Waals surface area contributed by atoms with E-state index < -0.39 is 17.7 Å². The molecule has 106 valence electrons. The van der Waals surface area contributed by atoms with Crippen molar-refractivity contribution in [1.29, 1.82) is 0 Å². The number of amides is 1. The van der Waals surface area contributed by atoms with Crippen molar-refractivity contribution >= 4 is 12.1 Å². The molecule has 18 heavy (non-hydrogen) atoms. The molecule has 0 unspecified atom stereocenters. The third-order valence-corrected chi connectivity index (χ3v) is 2.13. The quantitative estimate of drug-likeness (QED) is 0.587. The van der Waals surface area contributed by atoms with E-state index in [4.69, 9.17) is 4.74 Å². The summed E-state index contributed by atoms with van der Waals surface area (Å²) in [5.41, 5.74) is 1.38. The second-order valence-corrected chi connectivity index (χ2v) is 5.24. The van der Waals surface area contributed by atoms with Crippen LogP contribution in [-0.4, -0.2) is 17.7 Å². The van der Waals surface area contributed by atoms with Gasteiger partial charge < -0.3 is 9.57 Å². The van der Waals surface area contributed by atoms with Crippen LogP contribution in [0.5, 0.6) is 0 Å². The van der Waals surface area contributed by atoms with Gasteiger partial charge in [0.1, 0.15) is 5.60 Å². The predicted molar refractivity (Wildman–Crippen MR) is 68.8 cm³/mol. The Labute approximate surface area is 109 Å². The van der Waals surface area contributed by atoms with Crippen LogP contribution in [0.3, 0.4) is 0 Å². The lowest BCUT2D eigenvalue weighted by Crippen LogP contribution is -2.34. The van der Waals surface area contributed by atoms with Crippen molar-refractivity contribution < 1.29 is 19.2 Å². The minimum Gasteiger partial charge on any atom is -0.442 e. The lowest BCUT2D eigenvalue weighted by molar-refractivity contribution is -0.150. The van der Waals surface area contributed by atoms with Gasteiger partial charge in [0.2, 0.25) is 0 Å².